The summed E-state index contributed by atoms with van der Waals surface area (Å²) in [5.41, 5.74) is 4.43. The number of para-hydroxylation sites is 1. The van der Waals surface area contributed by atoms with Crippen molar-refractivity contribution in [1.82, 2.24) is 10.3 Å². The molecule has 0 saturated heterocycles. The first kappa shape index (κ1) is 18.5. The Morgan fingerprint density at radius 2 is 1.93 bits per heavy atom. The van der Waals surface area contributed by atoms with Crippen LogP contribution < -0.4 is 5.32 Å². The summed E-state index contributed by atoms with van der Waals surface area (Å²) in [6.45, 7) is 4.74. The van der Waals surface area contributed by atoms with Crippen LogP contribution in [0.25, 0.3) is 17.0 Å². The first-order valence-electron chi connectivity index (χ1n) is 9.13. The van der Waals surface area contributed by atoms with Gasteiger partial charge in [-0.15, -0.1) is 0 Å². The molecule has 0 aliphatic carbocycles. The number of hydrogen-bond acceptors (Lipinski definition) is 2. The molecule has 0 aliphatic heterocycles. The van der Waals surface area contributed by atoms with Crippen molar-refractivity contribution in [2.24, 2.45) is 0 Å². The monoisotopic (exact) mass is 357 g/mol. The molecular weight excluding hydrogens is 334 g/mol. The Morgan fingerprint density at radius 1 is 1.19 bits per heavy atom. The molecule has 0 aliphatic rings. The molecule has 2 aromatic carbocycles. The number of nitrogens with zero attached hydrogens (tertiary/aromatic N) is 1. The Hall–Kier alpha value is -3.32. The molecule has 0 bridgehead atoms. The largest absolute Gasteiger partial charge is 0.361 e. The molecule has 0 saturated carbocycles. The molecular formula is C23H23N3O. The van der Waals surface area contributed by atoms with Gasteiger partial charge in [0.05, 0.1) is 0 Å². The van der Waals surface area contributed by atoms with Crippen LogP contribution in [0, 0.1) is 11.3 Å². The molecule has 3 aromatic rings. The summed E-state index contributed by atoms with van der Waals surface area (Å²) in [5, 5.41) is 13.3. The molecule has 0 spiro atoms. The predicted molar refractivity (Wildman–Crippen MR) is 109 cm³/mol. The first-order chi connectivity index (χ1) is 13.1. The van der Waals surface area contributed by atoms with Gasteiger partial charge in [0.15, 0.2) is 0 Å². The highest BCUT2D eigenvalue weighted by Gasteiger charge is 2.10. The van der Waals surface area contributed by atoms with Crippen LogP contribution >= 0.6 is 0 Å². The Balaban J connectivity index is 1.62. The second kappa shape index (κ2) is 8.37. The van der Waals surface area contributed by atoms with Crippen molar-refractivity contribution in [2.45, 2.75) is 26.2 Å². The fourth-order valence-corrected chi connectivity index (χ4v) is 3.04. The van der Waals surface area contributed by atoms with Gasteiger partial charge in [0.2, 0.25) is 0 Å². The van der Waals surface area contributed by atoms with Crippen molar-refractivity contribution in [3.8, 4) is 6.07 Å². The lowest BCUT2D eigenvalue weighted by atomic mass is 10.0. The number of amides is 1. The molecule has 27 heavy (non-hydrogen) atoms. The van der Waals surface area contributed by atoms with E-state index in [9.17, 15) is 10.1 Å². The summed E-state index contributed by atoms with van der Waals surface area (Å²) in [4.78, 5) is 15.6. The third-order valence-corrected chi connectivity index (χ3v) is 4.63. The van der Waals surface area contributed by atoms with Crippen LogP contribution in [0.1, 0.15) is 36.5 Å². The van der Waals surface area contributed by atoms with Gasteiger partial charge in [-0.1, -0.05) is 56.3 Å². The van der Waals surface area contributed by atoms with Gasteiger partial charge in [0, 0.05) is 23.6 Å². The molecule has 2 N–H and O–H groups in total. The van der Waals surface area contributed by atoms with E-state index in [1.807, 2.05) is 54.7 Å². The molecule has 1 heterocycles. The molecule has 1 amide bonds. The summed E-state index contributed by atoms with van der Waals surface area (Å²) in [6.07, 6.45) is 4.30. The molecule has 1 aromatic heterocycles. The predicted octanol–water partition coefficient (Wildman–Crippen LogP) is 4.56. The van der Waals surface area contributed by atoms with Crippen LogP contribution in [0.3, 0.4) is 0 Å². The van der Waals surface area contributed by atoms with Crippen molar-refractivity contribution in [1.29, 1.82) is 5.26 Å². The smallest absolute Gasteiger partial charge is 0.261 e. The first-order valence-corrected chi connectivity index (χ1v) is 9.13. The summed E-state index contributed by atoms with van der Waals surface area (Å²) >= 11 is 0. The standard InChI is InChI=1S/C23H23N3O/c1-16(2)18-9-7-17(8-10-18)13-20(14-24)23(27)25-12-11-19-15-26-22-6-4-3-5-21(19)22/h3-10,13,15-16,26H,11-12H2,1-2H3,(H,25,27)/b20-13-. The SMILES string of the molecule is CC(C)c1ccc(/C=C(/C#N)C(=O)NCCc2c[nH]c3ccccc23)cc1. The number of hydrogen-bond donors (Lipinski definition) is 2. The maximum absolute atomic E-state index is 12.3. The minimum absolute atomic E-state index is 0.117. The number of aromatic amines is 1. The van der Waals surface area contributed by atoms with Gasteiger partial charge < -0.3 is 10.3 Å². The number of rotatable bonds is 6. The Bertz CT molecular complexity index is 1000. The second-order valence-corrected chi connectivity index (χ2v) is 6.86. The minimum atomic E-state index is -0.342. The van der Waals surface area contributed by atoms with Gasteiger partial charge in [-0.05, 0) is 41.2 Å². The van der Waals surface area contributed by atoms with E-state index in [1.54, 1.807) is 6.08 Å². The van der Waals surface area contributed by atoms with Gasteiger partial charge in [-0.2, -0.15) is 5.26 Å². The topological polar surface area (TPSA) is 68.7 Å². The average molecular weight is 357 g/mol. The fraction of sp³-hybridized carbons (Fsp3) is 0.217. The number of nitrogens with one attached hydrogen (secondary N) is 2. The zero-order chi connectivity index (χ0) is 19.2. The molecule has 3 rings (SSSR count). The minimum Gasteiger partial charge on any atom is -0.361 e. The van der Waals surface area contributed by atoms with E-state index in [-0.39, 0.29) is 11.5 Å². The third kappa shape index (κ3) is 4.45. The zero-order valence-electron chi connectivity index (χ0n) is 15.6. The van der Waals surface area contributed by atoms with E-state index in [2.05, 4.69) is 30.2 Å². The van der Waals surface area contributed by atoms with Gasteiger partial charge in [0.25, 0.3) is 5.91 Å². The quantitative estimate of drug-likeness (QED) is 0.502. The Labute approximate surface area is 159 Å². The van der Waals surface area contributed by atoms with E-state index >= 15 is 0 Å². The summed E-state index contributed by atoms with van der Waals surface area (Å²) in [5.74, 6) is 0.108. The lowest BCUT2D eigenvalue weighted by Crippen LogP contribution is -2.26. The number of H-pyrrole nitrogens is 1. The molecule has 4 heteroatoms. The van der Waals surface area contributed by atoms with E-state index < -0.39 is 0 Å². The molecule has 0 atom stereocenters. The van der Waals surface area contributed by atoms with Crippen molar-refractivity contribution in [2.75, 3.05) is 6.54 Å². The average Bonchev–Trinajstić information content (AvgIpc) is 3.09. The van der Waals surface area contributed by atoms with Crippen LogP contribution in [0.5, 0.6) is 0 Å². The van der Waals surface area contributed by atoms with Crippen molar-refractivity contribution >= 4 is 22.9 Å². The van der Waals surface area contributed by atoms with E-state index in [4.69, 9.17) is 0 Å². The van der Waals surface area contributed by atoms with Crippen LogP contribution in [0.15, 0.2) is 60.3 Å². The van der Waals surface area contributed by atoms with Crippen LogP contribution in [0.4, 0.5) is 0 Å². The molecule has 4 nitrogen and oxygen atoms in total. The number of carbonyl (C=O) groups excluding carboxylic acids is 1. The number of aromatic nitrogens is 1. The van der Waals surface area contributed by atoms with Gasteiger partial charge in [-0.3, -0.25) is 4.79 Å². The van der Waals surface area contributed by atoms with Crippen LogP contribution in [-0.2, 0) is 11.2 Å². The molecule has 136 valence electrons. The van der Waals surface area contributed by atoms with Crippen molar-refractivity contribution < 1.29 is 4.79 Å². The maximum Gasteiger partial charge on any atom is 0.261 e. The lowest BCUT2D eigenvalue weighted by molar-refractivity contribution is -0.117. The van der Waals surface area contributed by atoms with Gasteiger partial charge in [-0.25, -0.2) is 0 Å². The van der Waals surface area contributed by atoms with Crippen molar-refractivity contribution in [3.05, 3.63) is 77.0 Å². The highest BCUT2D eigenvalue weighted by Crippen LogP contribution is 2.18. The van der Waals surface area contributed by atoms with Crippen LogP contribution in [-0.4, -0.2) is 17.4 Å². The summed E-state index contributed by atoms with van der Waals surface area (Å²) in [7, 11) is 0. The summed E-state index contributed by atoms with van der Waals surface area (Å²) < 4.78 is 0. The Morgan fingerprint density at radius 3 is 2.63 bits per heavy atom. The van der Waals surface area contributed by atoms with E-state index in [0.29, 0.717) is 18.9 Å². The number of fused-ring (bicyclic) bond motifs is 1. The number of nitriles is 1. The Kier molecular flexibility index (Phi) is 5.73. The number of carbonyl (C=O) groups is 1. The molecule has 0 fully saturated rings. The van der Waals surface area contributed by atoms with Crippen LogP contribution in [0.2, 0.25) is 0 Å². The zero-order valence-corrected chi connectivity index (χ0v) is 15.6. The maximum atomic E-state index is 12.3. The molecule has 0 unspecified atom stereocenters. The summed E-state index contributed by atoms with van der Waals surface area (Å²) in [6, 6.07) is 18.0. The van der Waals surface area contributed by atoms with Crippen molar-refractivity contribution in [3.63, 3.8) is 0 Å². The highest BCUT2D eigenvalue weighted by atomic mass is 16.1. The third-order valence-electron chi connectivity index (χ3n) is 4.63. The second-order valence-electron chi connectivity index (χ2n) is 6.86. The normalized spacial score (nSPS) is 11.6. The highest BCUT2D eigenvalue weighted by molar-refractivity contribution is 6.01. The van der Waals surface area contributed by atoms with E-state index in [0.717, 1.165) is 22.0 Å². The molecule has 0 radical (unpaired) electrons. The fourth-order valence-electron chi connectivity index (χ4n) is 3.04. The van der Waals surface area contributed by atoms with Gasteiger partial charge in [0.1, 0.15) is 11.6 Å². The lowest BCUT2D eigenvalue weighted by Gasteiger charge is -2.06. The van der Waals surface area contributed by atoms with E-state index in [1.165, 1.54) is 5.56 Å². The van der Waals surface area contributed by atoms with Gasteiger partial charge >= 0.3 is 0 Å². The number of benzene rings is 2.